The van der Waals surface area contributed by atoms with Crippen LogP contribution in [-0.2, 0) is 16.7 Å². The Morgan fingerprint density at radius 1 is 1.18 bits per heavy atom. The number of hydrogen-bond donors (Lipinski definition) is 1. The van der Waals surface area contributed by atoms with E-state index >= 15 is 0 Å². The molecule has 1 atom stereocenters. The maximum atomic E-state index is 13.7. The van der Waals surface area contributed by atoms with Crippen LogP contribution in [0.3, 0.4) is 0 Å². The number of ether oxygens (including phenoxy) is 1. The monoisotopic (exact) mass is 378 g/mol. The molecule has 4 rings (SSSR count). The van der Waals surface area contributed by atoms with Gasteiger partial charge in [-0.25, -0.2) is 4.39 Å². The third-order valence-electron chi connectivity index (χ3n) is 6.10. The van der Waals surface area contributed by atoms with Crippen molar-refractivity contribution in [2.75, 3.05) is 20.7 Å². The topological polar surface area (TPSA) is 28.3 Å². The Morgan fingerprint density at radius 3 is 2.68 bits per heavy atom. The molecule has 146 valence electrons. The largest absolute Gasteiger partial charge is 0.491 e. The van der Waals surface area contributed by atoms with Crippen molar-refractivity contribution in [2.24, 2.45) is 0 Å². The van der Waals surface area contributed by atoms with E-state index < -0.39 is 0 Å². The summed E-state index contributed by atoms with van der Waals surface area (Å²) in [7, 11) is 4.27. The lowest BCUT2D eigenvalue weighted by molar-refractivity contribution is 0.146. The average molecular weight is 378 g/mol. The van der Waals surface area contributed by atoms with Crippen LogP contribution in [0, 0.1) is 5.82 Å². The predicted molar refractivity (Wildman–Crippen MR) is 113 cm³/mol. The molecule has 1 aliphatic rings. The van der Waals surface area contributed by atoms with E-state index in [1.807, 2.05) is 0 Å². The molecule has 0 bridgehead atoms. The summed E-state index contributed by atoms with van der Waals surface area (Å²) in [6.45, 7) is 2.85. The Labute approximate surface area is 165 Å². The minimum absolute atomic E-state index is 0.104. The van der Waals surface area contributed by atoms with Crippen LogP contribution >= 0.6 is 0 Å². The van der Waals surface area contributed by atoms with E-state index in [2.05, 4.69) is 67.3 Å². The number of nitrogens with zero attached hydrogens (tertiary/aromatic N) is 1. The van der Waals surface area contributed by atoms with E-state index in [-0.39, 0.29) is 11.4 Å². The Hall–Kier alpha value is -2.59. The minimum atomic E-state index is -0.201. The molecule has 0 amide bonds. The number of nitrogens with one attached hydrogen (secondary N) is 1. The summed E-state index contributed by atoms with van der Waals surface area (Å²) in [6, 6.07) is 15.6. The number of H-pyrrole nitrogens is 1. The molecule has 0 saturated heterocycles. The maximum absolute atomic E-state index is 13.7. The molecule has 1 aromatic heterocycles. The van der Waals surface area contributed by atoms with Crippen molar-refractivity contribution in [3.63, 3.8) is 0 Å². The summed E-state index contributed by atoms with van der Waals surface area (Å²) in [5.41, 5.74) is 4.30. The van der Waals surface area contributed by atoms with Gasteiger partial charge in [0, 0.05) is 22.9 Å². The Morgan fingerprint density at radius 2 is 1.96 bits per heavy atom. The molecular formula is C24H27FN2O. The number of aromatic nitrogens is 1. The second-order valence-electron chi connectivity index (χ2n) is 7.69. The van der Waals surface area contributed by atoms with Gasteiger partial charge >= 0.3 is 0 Å². The number of fused-ring (bicyclic) bond motifs is 3. The second kappa shape index (κ2) is 7.44. The van der Waals surface area contributed by atoms with Crippen molar-refractivity contribution in [3.8, 4) is 0 Å². The number of aromatic amines is 1. The summed E-state index contributed by atoms with van der Waals surface area (Å²) >= 11 is 0. The van der Waals surface area contributed by atoms with Gasteiger partial charge in [0.2, 0.25) is 0 Å². The van der Waals surface area contributed by atoms with Gasteiger partial charge in [0.1, 0.15) is 11.6 Å². The zero-order valence-corrected chi connectivity index (χ0v) is 16.8. The quantitative estimate of drug-likeness (QED) is 0.637. The minimum Gasteiger partial charge on any atom is -0.491 e. The maximum Gasteiger partial charge on any atom is 0.139 e. The second-order valence-corrected chi connectivity index (χ2v) is 7.69. The number of hydrogen-bond acceptors (Lipinski definition) is 2. The SMILES string of the molecule is CCC(C/C=C1\OCCc2c1[nH]c1ccc(F)cc21)(c1ccccc1)N(C)C. The van der Waals surface area contributed by atoms with E-state index in [1.165, 1.54) is 11.6 Å². The third-order valence-corrected chi connectivity index (χ3v) is 6.10. The fourth-order valence-electron chi connectivity index (χ4n) is 4.42. The molecule has 28 heavy (non-hydrogen) atoms. The van der Waals surface area contributed by atoms with Gasteiger partial charge < -0.3 is 9.72 Å². The van der Waals surface area contributed by atoms with Crippen LogP contribution in [0.2, 0.25) is 0 Å². The number of rotatable bonds is 5. The van der Waals surface area contributed by atoms with Crippen molar-refractivity contribution < 1.29 is 9.13 Å². The van der Waals surface area contributed by atoms with Crippen LogP contribution in [0.5, 0.6) is 0 Å². The molecule has 3 nitrogen and oxygen atoms in total. The smallest absolute Gasteiger partial charge is 0.139 e. The van der Waals surface area contributed by atoms with Crippen molar-refractivity contribution in [3.05, 3.63) is 77.2 Å². The lowest BCUT2D eigenvalue weighted by Gasteiger charge is -2.39. The molecule has 2 heterocycles. The van der Waals surface area contributed by atoms with Crippen LogP contribution in [0.25, 0.3) is 16.7 Å². The van der Waals surface area contributed by atoms with Gasteiger partial charge in [0.05, 0.1) is 12.3 Å². The molecule has 1 unspecified atom stereocenters. The Kier molecular flexibility index (Phi) is 4.98. The zero-order valence-electron chi connectivity index (χ0n) is 16.8. The van der Waals surface area contributed by atoms with E-state index in [9.17, 15) is 4.39 Å². The lowest BCUT2D eigenvalue weighted by atomic mass is 9.82. The normalized spacial score (nSPS) is 17.5. The van der Waals surface area contributed by atoms with E-state index in [0.717, 1.165) is 47.2 Å². The molecule has 0 saturated carbocycles. The first-order valence-electron chi connectivity index (χ1n) is 9.91. The highest BCUT2D eigenvalue weighted by molar-refractivity contribution is 5.89. The molecule has 1 aliphatic heterocycles. The fraction of sp³-hybridized carbons (Fsp3) is 0.333. The lowest BCUT2D eigenvalue weighted by Crippen LogP contribution is -2.40. The van der Waals surface area contributed by atoms with E-state index in [1.54, 1.807) is 12.1 Å². The number of halogens is 1. The van der Waals surface area contributed by atoms with Crippen LogP contribution in [0.4, 0.5) is 4.39 Å². The Balaban J connectivity index is 1.75. The van der Waals surface area contributed by atoms with Gasteiger partial charge in [-0.15, -0.1) is 0 Å². The highest BCUT2D eigenvalue weighted by Crippen LogP contribution is 2.37. The van der Waals surface area contributed by atoms with Gasteiger partial charge in [-0.1, -0.05) is 37.3 Å². The summed E-state index contributed by atoms with van der Waals surface area (Å²) in [4.78, 5) is 5.74. The molecule has 1 N–H and O–H groups in total. The summed E-state index contributed by atoms with van der Waals surface area (Å²) in [6.07, 6.45) is 4.80. The zero-order chi connectivity index (χ0) is 19.7. The molecular weight excluding hydrogens is 351 g/mol. The highest BCUT2D eigenvalue weighted by Gasteiger charge is 2.32. The van der Waals surface area contributed by atoms with Crippen LogP contribution in [0.1, 0.15) is 36.6 Å². The van der Waals surface area contributed by atoms with Crippen molar-refractivity contribution in [2.45, 2.75) is 31.7 Å². The van der Waals surface area contributed by atoms with Gasteiger partial charge in [-0.05, 0) is 62.3 Å². The molecule has 0 spiro atoms. The molecule has 0 radical (unpaired) electrons. The molecule has 4 heteroatoms. The van der Waals surface area contributed by atoms with E-state index in [0.29, 0.717) is 6.61 Å². The first kappa shape index (κ1) is 18.8. The summed E-state index contributed by atoms with van der Waals surface area (Å²) in [5.74, 6) is 0.668. The first-order valence-corrected chi connectivity index (χ1v) is 9.91. The third kappa shape index (κ3) is 3.12. The van der Waals surface area contributed by atoms with Crippen LogP contribution in [0.15, 0.2) is 54.6 Å². The van der Waals surface area contributed by atoms with Gasteiger partial charge in [0.25, 0.3) is 0 Å². The molecule has 0 fully saturated rings. The fourth-order valence-corrected chi connectivity index (χ4v) is 4.42. The van der Waals surface area contributed by atoms with Crippen LogP contribution in [-0.4, -0.2) is 30.6 Å². The average Bonchev–Trinajstić information content (AvgIpc) is 3.08. The molecule has 0 aliphatic carbocycles. The standard InChI is InChI=1S/C24H27FN2O/c1-4-24(27(2)3,17-8-6-5-7-9-17)14-12-22-23-19(13-15-28-22)20-16-18(25)10-11-21(20)26-23/h5-12,16,26H,4,13-15H2,1-3H3/b22-12-. The highest BCUT2D eigenvalue weighted by atomic mass is 19.1. The Bertz CT molecular complexity index is 1010. The summed E-state index contributed by atoms with van der Waals surface area (Å²) < 4.78 is 19.8. The van der Waals surface area contributed by atoms with Gasteiger partial charge in [0.15, 0.2) is 0 Å². The van der Waals surface area contributed by atoms with Crippen molar-refractivity contribution in [1.82, 2.24) is 9.88 Å². The molecule has 3 aromatic rings. The van der Waals surface area contributed by atoms with E-state index in [4.69, 9.17) is 4.74 Å². The molecule has 2 aromatic carbocycles. The first-order chi connectivity index (χ1) is 13.5. The van der Waals surface area contributed by atoms with Crippen molar-refractivity contribution >= 4 is 16.7 Å². The number of benzene rings is 2. The van der Waals surface area contributed by atoms with Crippen molar-refractivity contribution in [1.29, 1.82) is 0 Å². The van der Waals surface area contributed by atoms with Gasteiger partial charge in [-0.2, -0.15) is 0 Å². The summed E-state index contributed by atoms with van der Waals surface area (Å²) in [5, 5.41) is 0.960. The van der Waals surface area contributed by atoms with Crippen LogP contribution < -0.4 is 0 Å². The predicted octanol–water partition coefficient (Wildman–Crippen LogP) is 5.48. The van der Waals surface area contributed by atoms with Gasteiger partial charge in [-0.3, -0.25) is 4.90 Å².